The van der Waals surface area contributed by atoms with Gasteiger partial charge in [-0.25, -0.2) is 0 Å². The molecule has 5 heteroatoms. The van der Waals surface area contributed by atoms with Gasteiger partial charge in [-0.1, -0.05) is 20.8 Å². The van der Waals surface area contributed by atoms with Crippen molar-refractivity contribution in [2.24, 2.45) is 12.5 Å². The molecule has 0 unspecified atom stereocenters. The van der Waals surface area contributed by atoms with Crippen molar-refractivity contribution >= 4 is 11.6 Å². The monoisotopic (exact) mass is 211 g/mol. The van der Waals surface area contributed by atoms with E-state index < -0.39 is 5.41 Å². The first-order valence-electron chi connectivity index (χ1n) is 4.73. The van der Waals surface area contributed by atoms with Crippen molar-refractivity contribution in [1.82, 2.24) is 9.78 Å². The van der Waals surface area contributed by atoms with Gasteiger partial charge in [0.25, 0.3) is 5.88 Å². The summed E-state index contributed by atoms with van der Waals surface area (Å²) in [6.45, 7) is 5.56. The molecular weight excluding hydrogens is 194 g/mol. The van der Waals surface area contributed by atoms with E-state index in [0.29, 0.717) is 11.6 Å². The minimum absolute atomic E-state index is 0.0613. The Hall–Kier alpha value is -1.52. The molecule has 0 bridgehead atoms. The predicted octanol–water partition coefficient (Wildman–Crippen LogP) is 1.41. The summed E-state index contributed by atoms with van der Waals surface area (Å²) in [6.07, 6.45) is 1.71. The number of carbonyl (C=O) groups excluding carboxylic acids is 1. The van der Waals surface area contributed by atoms with Crippen LogP contribution >= 0.6 is 0 Å². The number of aromatic nitrogens is 2. The lowest BCUT2D eigenvalue weighted by atomic mass is 9.96. The Labute approximate surface area is 89.4 Å². The number of anilines is 1. The van der Waals surface area contributed by atoms with Gasteiger partial charge in [0.1, 0.15) is 5.69 Å². The van der Waals surface area contributed by atoms with E-state index in [0.717, 1.165) is 0 Å². The quantitative estimate of drug-likeness (QED) is 0.804. The number of nitrogens with zero attached hydrogens (tertiary/aromatic N) is 2. The number of hydrogen-bond acceptors (Lipinski definition) is 3. The fraction of sp³-hybridized carbons (Fsp3) is 0.600. The zero-order valence-corrected chi connectivity index (χ0v) is 9.79. The number of rotatable bonds is 2. The number of methoxy groups -OCH3 is 1. The molecule has 0 aliphatic rings. The molecule has 0 aromatic carbocycles. The Bertz CT molecular complexity index is 363. The van der Waals surface area contributed by atoms with Gasteiger partial charge in [-0.15, -0.1) is 5.10 Å². The molecule has 1 aromatic rings. The highest BCUT2D eigenvalue weighted by Crippen LogP contribution is 2.24. The van der Waals surface area contributed by atoms with Gasteiger partial charge in [0.2, 0.25) is 5.91 Å². The first kappa shape index (κ1) is 11.6. The molecule has 1 N–H and O–H groups in total. The molecule has 0 aliphatic carbocycles. The number of ether oxygens (including phenoxy) is 1. The highest BCUT2D eigenvalue weighted by atomic mass is 16.5. The largest absolute Gasteiger partial charge is 0.478 e. The van der Waals surface area contributed by atoms with E-state index in [1.165, 1.54) is 7.11 Å². The van der Waals surface area contributed by atoms with Crippen molar-refractivity contribution < 1.29 is 9.53 Å². The highest BCUT2D eigenvalue weighted by Gasteiger charge is 2.23. The second-order valence-corrected chi connectivity index (χ2v) is 4.43. The van der Waals surface area contributed by atoms with Crippen LogP contribution in [-0.4, -0.2) is 22.8 Å². The molecule has 0 fully saturated rings. The Kier molecular flexibility index (Phi) is 3.02. The number of hydrogen-bond donors (Lipinski definition) is 1. The van der Waals surface area contributed by atoms with Crippen LogP contribution in [0.3, 0.4) is 0 Å². The zero-order chi connectivity index (χ0) is 11.6. The van der Waals surface area contributed by atoms with E-state index in [9.17, 15) is 4.79 Å². The lowest BCUT2D eigenvalue weighted by molar-refractivity contribution is -0.123. The average Bonchev–Trinajstić information content (AvgIpc) is 2.44. The number of aryl methyl sites for hydroxylation is 1. The van der Waals surface area contributed by atoms with E-state index in [1.807, 2.05) is 20.8 Å². The second kappa shape index (κ2) is 3.92. The zero-order valence-electron chi connectivity index (χ0n) is 9.79. The van der Waals surface area contributed by atoms with Crippen LogP contribution in [0.2, 0.25) is 0 Å². The summed E-state index contributed by atoms with van der Waals surface area (Å²) in [5, 5.41) is 6.82. The fourth-order valence-electron chi connectivity index (χ4n) is 1.01. The van der Waals surface area contributed by atoms with Gasteiger partial charge < -0.3 is 10.1 Å². The molecule has 1 amide bonds. The van der Waals surface area contributed by atoms with Gasteiger partial charge in [0.15, 0.2) is 0 Å². The van der Waals surface area contributed by atoms with Gasteiger partial charge in [0.05, 0.1) is 13.3 Å². The molecule has 1 aromatic heterocycles. The molecule has 5 nitrogen and oxygen atoms in total. The third kappa shape index (κ3) is 2.71. The SMILES string of the molecule is COc1nn(C)cc1NC(=O)C(C)(C)C. The van der Waals surface area contributed by atoms with Crippen LogP contribution in [0.5, 0.6) is 5.88 Å². The van der Waals surface area contributed by atoms with Gasteiger partial charge in [0, 0.05) is 12.5 Å². The maximum absolute atomic E-state index is 11.7. The lowest BCUT2D eigenvalue weighted by Crippen LogP contribution is -2.27. The summed E-state index contributed by atoms with van der Waals surface area (Å²) in [7, 11) is 3.30. The van der Waals surface area contributed by atoms with Crippen LogP contribution in [0.4, 0.5) is 5.69 Å². The van der Waals surface area contributed by atoms with Crippen LogP contribution in [-0.2, 0) is 11.8 Å². The molecular formula is C10H17N3O2. The molecule has 0 atom stereocenters. The normalized spacial score (nSPS) is 11.3. The molecule has 0 radical (unpaired) electrons. The van der Waals surface area contributed by atoms with Crippen molar-refractivity contribution in [3.05, 3.63) is 6.20 Å². The van der Waals surface area contributed by atoms with Crippen LogP contribution in [0.15, 0.2) is 6.20 Å². The minimum atomic E-state index is -0.430. The minimum Gasteiger partial charge on any atom is -0.478 e. The van der Waals surface area contributed by atoms with Gasteiger partial charge >= 0.3 is 0 Å². The average molecular weight is 211 g/mol. The van der Waals surface area contributed by atoms with Crippen molar-refractivity contribution in [1.29, 1.82) is 0 Å². The van der Waals surface area contributed by atoms with Crippen LogP contribution < -0.4 is 10.1 Å². The molecule has 0 spiro atoms. The smallest absolute Gasteiger partial charge is 0.256 e. The van der Waals surface area contributed by atoms with E-state index in [4.69, 9.17) is 4.74 Å². The Morgan fingerprint density at radius 3 is 2.60 bits per heavy atom. The predicted molar refractivity (Wildman–Crippen MR) is 57.8 cm³/mol. The van der Waals surface area contributed by atoms with E-state index in [1.54, 1.807) is 17.9 Å². The van der Waals surface area contributed by atoms with Crippen molar-refractivity contribution in [3.8, 4) is 5.88 Å². The number of nitrogens with one attached hydrogen (secondary N) is 1. The van der Waals surface area contributed by atoms with Crippen molar-refractivity contribution in [2.45, 2.75) is 20.8 Å². The van der Waals surface area contributed by atoms with Crippen molar-refractivity contribution in [3.63, 3.8) is 0 Å². The third-order valence-corrected chi connectivity index (χ3v) is 1.92. The van der Waals surface area contributed by atoms with Crippen LogP contribution in [0.1, 0.15) is 20.8 Å². The molecule has 1 heterocycles. The van der Waals surface area contributed by atoms with E-state index in [2.05, 4.69) is 10.4 Å². The standard InChI is InChI=1S/C10H17N3O2/c1-10(2,3)9(14)11-7-6-13(4)12-8(7)15-5/h6H,1-5H3,(H,11,14). The highest BCUT2D eigenvalue weighted by molar-refractivity contribution is 5.95. The van der Waals surface area contributed by atoms with E-state index in [-0.39, 0.29) is 5.91 Å². The third-order valence-electron chi connectivity index (χ3n) is 1.92. The number of amides is 1. The summed E-state index contributed by atoms with van der Waals surface area (Å²) >= 11 is 0. The molecule has 0 saturated carbocycles. The van der Waals surface area contributed by atoms with Gasteiger partial charge in [-0.3, -0.25) is 9.48 Å². The Morgan fingerprint density at radius 1 is 1.53 bits per heavy atom. The summed E-state index contributed by atoms with van der Waals surface area (Å²) in [4.78, 5) is 11.7. The van der Waals surface area contributed by atoms with Crippen molar-refractivity contribution in [2.75, 3.05) is 12.4 Å². The summed E-state index contributed by atoms with van der Waals surface area (Å²) in [5.74, 6) is 0.365. The first-order valence-corrected chi connectivity index (χ1v) is 4.73. The summed E-state index contributed by atoms with van der Waals surface area (Å²) in [6, 6.07) is 0. The maximum atomic E-state index is 11.7. The second-order valence-electron chi connectivity index (χ2n) is 4.43. The fourth-order valence-corrected chi connectivity index (χ4v) is 1.01. The van der Waals surface area contributed by atoms with Gasteiger partial charge in [-0.05, 0) is 0 Å². The summed E-state index contributed by atoms with van der Waals surface area (Å²) < 4.78 is 6.63. The first-order chi connectivity index (χ1) is 6.84. The molecule has 0 aliphatic heterocycles. The Balaban J connectivity index is 2.85. The molecule has 1 rings (SSSR count). The number of carbonyl (C=O) groups is 1. The topological polar surface area (TPSA) is 56.1 Å². The Morgan fingerprint density at radius 2 is 2.13 bits per heavy atom. The molecule has 0 saturated heterocycles. The van der Waals surface area contributed by atoms with Crippen LogP contribution in [0.25, 0.3) is 0 Å². The molecule has 15 heavy (non-hydrogen) atoms. The lowest BCUT2D eigenvalue weighted by Gasteiger charge is -2.16. The maximum Gasteiger partial charge on any atom is 0.256 e. The summed E-state index contributed by atoms with van der Waals surface area (Å²) in [5.41, 5.74) is 0.167. The van der Waals surface area contributed by atoms with Gasteiger partial charge in [-0.2, -0.15) is 0 Å². The van der Waals surface area contributed by atoms with Crippen LogP contribution in [0, 0.1) is 5.41 Å². The van der Waals surface area contributed by atoms with E-state index >= 15 is 0 Å². The molecule has 84 valence electrons.